The molecule has 4 nitrogen and oxygen atoms in total. The average molecular weight is 241 g/mol. The normalized spacial score (nSPS) is 27.2. The summed E-state index contributed by atoms with van der Waals surface area (Å²) in [5, 5.41) is 0. The molecule has 0 radical (unpaired) electrons. The van der Waals surface area contributed by atoms with E-state index in [1.165, 1.54) is 7.11 Å². The summed E-state index contributed by atoms with van der Waals surface area (Å²) < 4.78 is 29.2. The average Bonchev–Trinajstić information content (AvgIpc) is 2.24. The topological polar surface area (TPSA) is 69.4 Å². The van der Waals surface area contributed by atoms with Crippen LogP contribution in [0, 0.1) is 5.92 Å². The van der Waals surface area contributed by atoms with Crippen LogP contribution in [0.25, 0.3) is 0 Å². The molecule has 0 amide bonds. The smallest absolute Gasteiger partial charge is 0.182 e. The molecule has 0 aromatic heterocycles. The molecule has 0 spiro atoms. The van der Waals surface area contributed by atoms with Crippen LogP contribution in [0.5, 0.6) is 5.75 Å². The maximum atomic E-state index is 12.1. The van der Waals surface area contributed by atoms with E-state index in [1.807, 2.05) is 6.92 Å². The lowest BCUT2D eigenvalue weighted by molar-refractivity contribution is 0.393. The van der Waals surface area contributed by atoms with Gasteiger partial charge in [-0.1, -0.05) is 19.1 Å². The highest BCUT2D eigenvalue weighted by atomic mass is 32.2. The Balaban J connectivity index is 2.74. The lowest BCUT2D eigenvalue weighted by atomic mass is 9.96. The molecule has 1 aliphatic rings. The summed E-state index contributed by atoms with van der Waals surface area (Å²) in [7, 11) is -1.80. The number of nitrogens with two attached hydrogens (primary N) is 1. The van der Waals surface area contributed by atoms with E-state index >= 15 is 0 Å². The highest BCUT2D eigenvalue weighted by Gasteiger charge is 2.35. The fourth-order valence-corrected chi connectivity index (χ4v) is 4.22. The summed E-state index contributed by atoms with van der Waals surface area (Å²) in [6, 6.07) is 4.94. The summed E-state index contributed by atoms with van der Waals surface area (Å²) >= 11 is 0. The lowest BCUT2D eigenvalue weighted by Crippen LogP contribution is -2.32. The summed E-state index contributed by atoms with van der Waals surface area (Å²) in [5.41, 5.74) is 6.68. The van der Waals surface area contributed by atoms with E-state index in [4.69, 9.17) is 10.5 Å². The van der Waals surface area contributed by atoms with Gasteiger partial charge in [-0.25, -0.2) is 8.42 Å². The van der Waals surface area contributed by atoms with Crippen molar-refractivity contribution in [3.05, 3.63) is 23.8 Å². The first-order valence-corrected chi connectivity index (χ1v) is 6.78. The van der Waals surface area contributed by atoms with Crippen molar-refractivity contribution >= 4 is 9.84 Å². The van der Waals surface area contributed by atoms with Gasteiger partial charge in [0.25, 0.3) is 0 Å². The van der Waals surface area contributed by atoms with Crippen LogP contribution in [0.3, 0.4) is 0 Å². The van der Waals surface area contributed by atoms with Crippen molar-refractivity contribution < 1.29 is 13.2 Å². The molecule has 1 aromatic carbocycles. The largest absolute Gasteiger partial charge is 0.495 e. The first-order chi connectivity index (χ1) is 7.47. The third-order valence-corrected chi connectivity index (χ3v) is 5.02. The number of benzene rings is 1. The SMILES string of the molecule is COc1cccc2c1S(=O)(=O)CC(C)C2N. The second-order valence-electron chi connectivity index (χ2n) is 4.16. The minimum atomic E-state index is -3.27. The molecule has 0 bridgehead atoms. The van der Waals surface area contributed by atoms with E-state index in [1.54, 1.807) is 18.2 Å². The Bertz CT molecular complexity index is 510. The van der Waals surface area contributed by atoms with E-state index in [0.29, 0.717) is 11.3 Å². The standard InChI is InChI=1S/C11H15NO3S/c1-7-6-16(13,14)11-8(10(7)12)4-3-5-9(11)15-2/h3-5,7,10H,6,12H2,1-2H3. The van der Waals surface area contributed by atoms with E-state index < -0.39 is 9.84 Å². The number of rotatable bonds is 1. The Kier molecular flexibility index (Phi) is 2.67. The van der Waals surface area contributed by atoms with Crippen LogP contribution in [-0.2, 0) is 9.84 Å². The Morgan fingerprint density at radius 2 is 2.12 bits per heavy atom. The van der Waals surface area contributed by atoms with Crippen molar-refractivity contribution in [2.24, 2.45) is 11.7 Å². The number of sulfone groups is 1. The summed E-state index contributed by atoms with van der Waals surface area (Å²) in [6.45, 7) is 1.85. The number of methoxy groups -OCH3 is 1. The van der Waals surface area contributed by atoms with E-state index in [2.05, 4.69) is 0 Å². The molecule has 2 unspecified atom stereocenters. The number of hydrogen-bond donors (Lipinski definition) is 1. The molecule has 16 heavy (non-hydrogen) atoms. The Morgan fingerprint density at radius 1 is 1.44 bits per heavy atom. The summed E-state index contributed by atoms with van der Waals surface area (Å²) in [6.07, 6.45) is 0. The molecule has 1 aliphatic heterocycles. The maximum Gasteiger partial charge on any atom is 0.182 e. The predicted molar refractivity (Wildman–Crippen MR) is 61.1 cm³/mol. The third kappa shape index (κ3) is 1.60. The van der Waals surface area contributed by atoms with Gasteiger partial charge in [-0.05, 0) is 17.5 Å². The van der Waals surface area contributed by atoms with Gasteiger partial charge in [0, 0.05) is 6.04 Å². The third-order valence-electron chi connectivity index (χ3n) is 2.99. The van der Waals surface area contributed by atoms with E-state index in [9.17, 15) is 8.42 Å². The van der Waals surface area contributed by atoms with Crippen LogP contribution in [-0.4, -0.2) is 21.3 Å². The molecule has 0 saturated heterocycles. The Hall–Kier alpha value is -1.07. The van der Waals surface area contributed by atoms with Gasteiger partial charge in [0.05, 0.1) is 12.9 Å². The van der Waals surface area contributed by atoms with Crippen LogP contribution in [0.1, 0.15) is 18.5 Å². The molecule has 5 heteroatoms. The Labute approximate surface area is 95.3 Å². The molecule has 1 aromatic rings. The van der Waals surface area contributed by atoms with Crippen molar-refractivity contribution in [1.29, 1.82) is 0 Å². The van der Waals surface area contributed by atoms with Crippen molar-refractivity contribution in [3.8, 4) is 5.75 Å². The molecule has 0 fully saturated rings. The molecular formula is C11H15NO3S. The number of ether oxygens (including phenoxy) is 1. The van der Waals surface area contributed by atoms with Gasteiger partial charge >= 0.3 is 0 Å². The molecule has 2 N–H and O–H groups in total. The van der Waals surface area contributed by atoms with Gasteiger partial charge in [-0.2, -0.15) is 0 Å². The van der Waals surface area contributed by atoms with Gasteiger partial charge in [0.2, 0.25) is 0 Å². The van der Waals surface area contributed by atoms with Crippen molar-refractivity contribution in [2.45, 2.75) is 17.9 Å². The first-order valence-electron chi connectivity index (χ1n) is 5.12. The monoisotopic (exact) mass is 241 g/mol. The zero-order valence-corrected chi connectivity index (χ0v) is 10.1. The van der Waals surface area contributed by atoms with E-state index in [-0.39, 0.29) is 22.6 Å². The minimum Gasteiger partial charge on any atom is -0.495 e. The number of hydrogen-bond acceptors (Lipinski definition) is 4. The van der Waals surface area contributed by atoms with Crippen LogP contribution < -0.4 is 10.5 Å². The second-order valence-corrected chi connectivity index (χ2v) is 6.13. The van der Waals surface area contributed by atoms with Crippen molar-refractivity contribution in [2.75, 3.05) is 12.9 Å². The van der Waals surface area contributed by atoms with Crippen molar-refractivity contribution in [3.63, 3.8) is 0 Å². The molecule has 2 atom stereocenters. The molecule has 1 heterocycles. The quantitative estimate of drug-likeness (QED) is 0.800. The highest BCUT2D eigenvalue weighted by Crippen LogP contribution is 2.39. The minimum absolute atomic E-state index is 0.0652. The predicted octanol–water partition coefficient (Wildman–Crippen LogP) is 1.12. The first kappa shape index (κ1) is 11.4. The summed E-state index contributed by atoms with van der Waals surface area (Å²) in [4.78, 5) is 0.267. The van der Waals surface area contributed by atoms with Gasteiger partial charge in [0.15, 0.2) is 9.84 Å². The van der Waals surface area contributed by atoms with Gasteiger partial charge in [-0.3, -0.25) is 0 Å². The molecule has 88 valence electrons. The second kappa shape index (κ2) is 3.75. The summed E-state index contributed by atoms with van der Waals surface area (Å²) in [5.74, 6) is 0.408. The number of fused-ring (bicyclic) bond motifs is 1. The van der Waals surface area contributed by atoms with Crippen LogP contribution in [0.2, 0.25) is 0 Å². The van der Waals surface area contributed by atoms with Crippen molar-refractivity contribution in [1.82, 2.24) is 0 Å². The lowest BCUT2D eigenvalue weighted by Gasteiger charge is -2.29. The van der Waals surface area contributed by atoms with Crippen LogP contribution >= 0.6 is 0 Å². The molecule has 0 aliphatic carbocycles. The molecular weight excluding hydrogens is 226 g/mol. The van der Waals surface area contributed by atoms with Crippen LogP contribution in [0.15, 0.2) is 23.1 Å². The molecule has 2 rings (SSSR count). The van der Waals surface area contributed by atoms with E-state index in [0.717, 1.165) is 0 Å². The van der Waals surface area contributed by atoms with Gasteiger partial charge in [0.1, 0.15) is 10.6 Å². The van der Waals surface area contributed by atoms with Gasteiger partial charge in [-0.15, -0.1) is 0 Å². The van der Waals surface area contributed by atoms with Gasteiger partial charge < -0.3 is 10.5 Å². The zero-order chi connectivity index (χ0) is 11.9. The highest BCUT2D eigenvalue weighted by molar-refractivity contribution is 7.91. The van der Waals surface area contributed by atoms with Crippen LogP contribution in [0.4, 0.5) is 0 Å². The Morgan fingerprint density at radius 3 is 2.75 bits per heavy atom. The molecule has 0 saturated carbocycles. The maximum absolute atomic E-state index is 12.1. The fourth-order valence-electron chi connectivity index (χ4n) is 2.13. The zero-order valence-electron chi connectivity index (χ0n) is 9.30. The fraction of sp³-hybridized carbons (Fsp3) is 0.455.